The zero-order valence-electron chi connectivity index (χ0n) is 12.4. The van der Waals surface area contributed by atoms with Gasteiger partial charge in [0.1, 0.15) is 0 Å². The Labute approximate surface area is 128 Å². The van der Waals surface area contributed by atoms with Crippen molar-refractivity contribution in [1.29, 1.82) is 0 Å². The summed E-state index contributed by atoms with van der Waals surface area (Å²) < 4.78 is 10.4. The Kier molecular flexibility index (Phi) is 5.13. The predicted molar refractivity (Wildman–Crippen MR) is 82.6 cm³/mol. The van der Waals surface area contributed by atoms with Gasteiger partial charge >= 0.3 is 5.69 Å². The van der Waals surface area contributed by atoms with E-state index in [1.54, 1.807) is 14.2 Å². The highest BCUT2D eigenvalue weighted by atomic mass is 16.6. The minimum atomic E-state index is -0.453. The number of hydrogen-bond donors (Lipinski definition) is 1. The predicted octanol–water partition coefficient (Wildman–Crippen LogP) is 2.66. The minimum Gasteiger partial charge on any atom is -0.493 e. The quantitative estimate of drug-likeness (QED) is 0.625. The molecule has 0 aliphatic rings. The van der Waals surface area contributed by atoms with Crippen LogP contribution in [0.1, 0.15) is 5.56 Å². The number of rotatable bonds is 7. The van der Waals surface area contributed by atoms with E-state index in [9.17, 15) is 10.1 Å². The molecular formula is C15H17N3O4. The lowest BCUT2D eigenvalue weighted by Gasteiger charge is -2.10. The number of pyridine rings is 1. The van der Waals surface area contributed by atoms with E-state index in [0.717, 1.165) is 5.56 Å². The van der Waals surface area contributed by atoms with Gasteiger partial charge in [0, 0.05) is 18.8 Å². The standard InChI is InChI=1S/C15H17N3O4/c1-21-13-6-5-11(10-14(13)22-2)7-9-17-15-12(18(19)20)4-3-8-16-15/h3-6,8,10H,7,9H2,1-2H3,(H,16,17). The maximum absolute atomic E-state index is 10.9. The van der Waals surface area contributed by atoms with Crippen molar-refractivity contribution in [2.24, 2.45) is 0 Å². The van der Waals surface area contributed by atoms with Crippen LogP contribution in [-0.4, -0.2) is 30.7 Å². The number of benzene rings is 1. The molecule has 0 saturated heterocycles. The maximum atomic E-state index is 10.9. The largest absolute Gasteiger partial charge is 0.493 e. The molecule has 1 aromatic heterocycles. The second-order valence-corrected chi connectivity index (χ2v) is 4.49. The van der Waals surface area contributed by atoms with Gasteiger partial charge in [0.05, 0.1) is 19.1 Å². The van der Waals surface area contributed by atoms with Crippen LogP contribution >= 0.6 is 0 Å². The molecule has 116 valence electrons. The van der Waals surface area contributed by atoms with Gasteiger partial charge in [-0.1, -0.05) is 6.07 Å². The first-order valence-electron chi connectivity index (χ1n) is 6.70. The number of anilines is 1. The molecule has 0 saturated carbocycles. The van der Waals surface area contributed by atoms with Gasteiger partial charge in [-0.15, -0.1) is 0 Å². The molecule has 1 N–H and O–H groups in total. The lowest BCUT2D eigenvalue weighted by atomic mass is 10.1. The lowest BCUT2D eigenvalue weighted by Crippen LogP contribution is -2.08. The molecule has 0 fully saturated rings. The molecule has 0 aliphatic heterocycles. The fraction of sp³-hybridized carbons (Fsp3) is 0.267. The third-order valence-electron chi connectivity index (χ3n) is 3.14. The fourth-order valence-electron chi connectivity index (χ4n) is 2.04. The van der Waals surface area contributed by atoms with Crippen LogP contribution in [0.3, 0.4) is 0 Å². The minimum absolute atomic E-state index is 0.0326. The van der Waals surface area contributed by atoms with Crippen molar-refractivity contribution < 1.29 is 14.4 Å². The van der Waals surface area contributed by atoms with Crippen molar-refractivity contribution in [3.63, 3.8) is 0 Å². The van der Waals surface area contributed by atoms with E-state index in [2.05, 4.69) is 10.3 Å². The molecule has 22 heavy (non-hydrogen) atoms. The Morgan fingerprint density at radius 3 is 2.68 bits per heavy atom. The average Bonchev–Trinajstić information content (AvgIpc) is 2.55. The van der Waals surface area contributed by atoms with Gasteiger partial charge in [-0.05, 0) is 30.2 Å². The summed E-state index contributed by atoms with van der Waals surface area (Å²) in [4.78, 5) is 14.4. The summed E-state index contributed by atoms with van der Waals surface area (Å²) in [6, 6.07) is 8.60. The van der Waals surface area contributed by atoms with Crippen LogP contribution in [-0.2, 0) is 6.42 Å². The highest BCUT2D eigenvalue weighted by Crippen LogP contribution is 2.27. The number of ether oxygens (including phenoxy) is 2. The summed E-state index contributed by atoms with van der Waals surface area (Å²) in [6.07, 6.45) is 2.19. The van der Waals surface area contributed by atoms with Crippen LogP contribution in [0, 0.1) is 10.1 Å². The van der Waals surface area contributed by atoms with E-state index >= 15 is 0 Å². The normalized spacial score (nSPS) is 10.1. The van der Waals surface area contributed by atoms with Gasteiger partial charge in [0.25, 0.3) is 0 Å². The molecule has 7 nitrogen and oxygen atoms in total. The second-order valence-electron chi connectivity index (χ2n) is 4.49. The average molecular weight is 303 g/mol. The summed E-state index contributed by atoms with van der Waals surface area (Å²) in [6.45, 7) is 0.521. The third-order valence-corrected chi connectivity index (χ3v) is 3.14. The van der Waals surface area contributed by atoms with Crippen molar-refractivity contribution in [2.75, 3.05) is 26.1 Å². The van der Waals surface area contributed by atoms with Crippen LogP contribution in [0.25, 0.3) is 0 Å². The molecule has 0 unspecified atom stereocenters. The first-order valence-corrected chi connectivity index (χ1v) is 6.70. The molecule has 0 bridgehead atoms. The molecule has 2 aromatic rings. The number of nitrogens with one attached hydrogen (secondary N) is 1. The van der Waals surface area contributed by atoms with E-state index in [0.29, 0.717) is 24.5 Å². The van der Waals surface area contributed by atoms with Crippen molar-refractivity contribution in [3.8, 4) is 11.5 Å². The number of methoxy groups -OCH3 is 2. The summed E-state index contributed by atoms with van der Waals surface area (Å²) in [5.74, 6) is 1.59. The zero-order valence-corrected chi connectivity index (χ0v) is 12.4. The molecule has 0 radical (unpaired) electrons. The maximum Gasteiger partial charge on any atom is 0.311 e. The molecule has 2 rings (SSSR count). The lowest BCUT2D eigenvalue weighted by molar-refractivity contribution is -0.384. The first kappa shape index (κ1) is 15.6. The monoisotopic (exact) mass is 303 g/mol. The molecule has 0 aliphatic carbocycles. The number of nitrogens with zero attached hydrogens (tertiary/aromatic N) is 2. The molecule has 0 atom stereocenters. The van der Waals surface area contributed by atoms with E-state index in [1.165, 1.54) is 18.3 Å². The highest BCUT2D eigenvalue weighted by Gasteiger charge is 2.13. The van der Waals surface area contributed by atoms with Crippen molar-refractivity contribution in [3.05, 3.63) is 52.2 Å². The molecule has 0 spiro atoms. The molecule has 0 amide bonds. The molecular weight excluding hydrogens is 286 g/mol. The fourth-order valence-corrected chi connectivity index (χ4v) is 2.04. The van der Waals surface area contributed by atoms with Gasteiger partial charge in [-0.2, -0.15) is 0 Å². The Hall–Kier alpha value is -2.83. The van der Waals surface area contributed by atoms with Gasteiger partial charge in [-0.25, -0.2) is 4.98 Å². The van der Waals surface area contributed by atoms with E-state index in [-0.39, 0.29) is 11.5 Å². The number of nitro groups is 1. The number of aromatic nitrogens is 1. The van der Waals surface area contributed by atoms with Crippen LogP contribution in [0.4, 0.5) is 11.5 Å². The van der Waals surface area contributed by atoms with E-state index in [1.807, 2.05) is 18.2 Å². The first-order chi connectivity index (χ1) is 10.7. The van der Waals surface area contributed by atoms with E-state index in [4.69, 9.17) is 9.47 Å². The van der Waals surface area contributed by atoms with Crippen LogP contribution in [0.5, 0.6) is 11.5 Å². The van der Waals surface area contributed by atoms with Gasteiger partial charge in [-0.3, -0.25) is 10.1 Å². The molecule has 7 heteroatoms. The Morgan fingerprint density at radius 1 is 1.23 bits per heavy atom. The number of hydrogen-bond acceptors (Lipinski definition) is 6. The summed E-state index contributed by atoms with van der Waals surface area (Å²) in [5, 5.41) is 13.9. The van der Waals surface area contributed by atoms with Crippen molar-refractivity contribution >= 4 is 11.5 Å². The highest BCUT2D eigenvalue weighted by molar-refractivity contribution is 5.55. The zero-order chi connectivity index (χ0) is 15.9. The Morgan fingerprint density at radius 2 is 2.00 bits per heavy atom. The van der Waals surface area contributed by atoms with Crippen LogP contribution in [0.2, 0.25) is 0 Å². The van der Waals surface area contributed by atoms with Crippen LogP contribution in [0.15, 0.2) is 36.5 Å². The van der Waals surface area contributed by atoms with Crippen LogP contribution < -0.4 is 14.8 Å². The van der Waals surface area contributed by atoms with E-state index < -0.39 is 4.92 Å². The smallest absolute Gasteiger partial charge is 0.311 e. The third kappa shape index (κ3) is 3.63. The van der Waals surface area contributed by atoms with Gasteiger partial charge < -0.3 is 14.8 Å². The summed E-state index contributed by atoms with van der Waals surface area (Å²) >= 11 is 0. The van der Waals surface area contributed by atoms with Gasteiger partial charge in [0.2, 0.25) is 5.82 Å². The molecule has 1 aromatic carbocycles. The summed E-state index contributed by atoms with van der Waals surface area (Å²) in [5.41, 5.74) is 0.999. The summed E-state index contributed by atoms with van der Waals surface area (Å²) in [7, 11) is 3.16. The second kappa shape index (κ2) is 7.26. The molecule has 1 heterocycles. The van der Waals surface area contributed by atoms with Crippen molar-refractivity contribution in [1.82, 2.24) is 4.98 Å². The topological polar surface area (TPSA) is 86.5 Å². The van der Waals surface area contributed by atoms with Gasteiger partial charge in [0.15, 0.2) is 11.5 Å². The Bertz CT molecular complexity index is 661. The SMILES string of the molecule is COc1ccc(CCNc2ncccc2[N+](=O)[O-])cc1OC. The Balaban J connectivity index is 2.01. The van der Waals surface area contributed by atoms with Crippen molar-refractivity contribution in [2.45, 2.75) is 6.42 Å².